The molecule has 0 fully saturated rings. The number of anilines is 1. The highest BCUT2D eigenvalue weighted by molar-refractivity contribution is 8.01. The van der Waals surface area contributed by atoms with Gasteiger partial charge in [0.2, 0.25) is 0 Å². The van der Waals surface area contributed by atoms with Gasteiger partial charge < -0.3 is 0 Å². The zero-order valence-corrected chi connectivity index (χ0v) is 16.9. The molecule has 26 heavy (non-hydrogen) atoms. The number of sulfonamides is 1. The van der Waals surface area contributed by atoms with Crippen molar-refractivity contribution in [2.24, 2.45) is 5.92 Å². The molecule has 3 aromatic rings. The quantitative estimate of drug-likeness (QED) is 0.617. The first-order valence-corrected chi connectivity index (χ1v) is 11.3. The van der Waals surface area contributed by atoms with Crippen molar-refractivity contribution < 1.29 is 8.42 Å². The van der Waals surface area contributed by atoms with Crippen LogP contribution in [0.25, 0.3) is 0 Å². The Bertz CT molecular complexity index is 936. The van der Waals surface area contributed by atoms with Gasteiger partial charge in [-0.1, -0.05) is 49.1 Å². The highest BCUT2D eigenvalue weighted by Crippen LogP contribution is 2.29. The van der Waals surface area contributed by atoms with Crippen molar-refractivity contribution in [1.82, 2.24) is 10.2 Å². The Morgan fingerprint density at radius 2 is 1.77 bits per heavy atom. The maximum Gasteiger partial charge on any atom is 0.261 e. The predicted octanol–water partition coefficient (Wildman–Crippen LogP) is 4.69. The van der Waals surface area contributed by atoms with E-state index < -0.39 is 10.0 Å². The molecular formula is C18H19N3O2S3. The monoisotopic (exact) mass is 405 g/mol. The van der Waals surface area contributed by atoms with Crippen LogP contribution in [-0.2, 0) is 16.4 Å². The summed E-state index contributed by atoms with van der Waals surface area (Å²) in [6.45, 7) is 4.28. The van der Waals surface area contributed by atoms with Gasteiger partial charge in [0.15, 0.2) is 4.34 Å². The van der Waals surface area contributed by atoms with E-state index in [1.807, 2.05) is 24.3 Å². The fourth-order valence-corrected chi connectivity index (χ4v) is 4.90. The van der Waals surface area contributed by atoms with Crippen molar-refractivity contribution in [3.05, 3.63) is 59.6 Å². The molecule has 2 aromatic carbocycles. The number of aromatic nitrogens is 2. The molecule has 0 saturated heterocycles. The van der Waals surface area contributed by atoms with Gasteiger partial charge in [-0.15, -0.1) is 10.2 Å². The summed E-state index contributed by atoms with van der Waals surface area (Å²) in [5, 5.41) is 7.77. The second-order valence-corrected chi connectivity index (χ2v) is 10.0. The van der Waals surface area contributed by atoms with E-state index in [-0.39, 0.29) is 4.90 Å². The fraction of sp³-hybridized carbons (Fsp3) is 0.222. The first-order chi connectivity index (χ1) is 12.4. The number of benzene rings is 2. The van der Waals surface area contributed by atoms with Gasteiger partial charge in [-0.05, 0) is 54.3 Å². The molecular weight excluding hydrogens is 386 g/mol. The van der Waals surface area contributed by atoms with Crippen LogP contribution < -0.4 is 4.72 Å². The van der Waals surface area contributed by atoms with Crippen LogP contribution in [0.3, 0.4) is 0 Å². The Balaban J connectivity index is 1.68. The van der Waals surface area contributed by atoms with Crippen molar-refractivity contribution in [3.63, 3.8) is 0 Å². The van der Waals surface area contributed by atoms with Crippen molar-refractivity contribution in [2.45, 2.75) is 34.4 Å². The van der Waals surface area contributed by atoms with E-state index in [4.69, 9.17) is 0 Å². The maximum absolute atomic E-state index is 12.5. The zero-order chi connectivity index (χ0) is 18.6. The summed E-state index contributed by atoms with van der Waals surface area (Å²) in [7, 11) is -3.60. The Morgan fingerprint density at radius 1 is 1.08 bits per heavy atom. The van der Waals surface area contributed by atoms with E-state index in [2.05, 4.69) is 28.8 Å². The second-order valence-electron chi connectivity index (χ2n) is 6.18. The predicted molar refractivity (Wildman–Crippen MR) is 106 cm³/mol. The molecule has 0 unspecified atom stereocenters. The average molecular weight is 406 g/mol. The summed E-state index contributed by atoms with van der Waals surface area (Å²) in [6.07, 6.45) is 0.932. The van der Waals surface area contributed by atoms with E-state index in [1.54, 1.807) is 29.8 Å². The van der Waals surface area contributed by atoms with Gasteiger partial charge in [-0.25, -0.2) is 8.42 Å². The lowest BCUT2D eigenvalue weighted by Gasteiger charge is -2.10. The van der Waals surface area contributed by atoms with Gasteiger partial charge in [0, 0.05) is 10.6 Å². The molecule has 0 aliphatic heterocycles. The summed E-state index contributed by atoms with van der Waals surface area (Å²) < 4.78 is 28.6. The van der Waals surface area contributed by atoms with Crippen molar-refractivity contribution in [3.8, 4) is 0 Å². The van der Waals surface area contributed by atoms with Crippen LogP contribution in [0.5, 0.6) is 0 Å². The summed E-state index contributed by atoms with van der Waals surface area (Å²) in [5.74, 6) is 0.534. The first-order valence-electron chi connectivity index (χ1n) is 8.08. The topological polar surface area (TPSA) is 72.0 Å². The molecule has 0 radical (unpaired) electrons. The molecule has 5 nitrogen and oxygen atoms in total. The highest BCUT2D eigenvalue weighted by Gasteiger charge is 2.14. The minimum Gasteiger partial charge on any atom is -0.280 e. The molecule has 136 valence electrons. The minimum absolute atomic E-state index is 0.261. The molecule has 1 aromatic heterocycles. The summed E-state index contributed by atoms with van der Waals surface area (Å²) in [6, 6.07) is 14.2. The second kappa shape index (κ2) is 8.20. The SMILES string of the molecule is CC(C)Cc1ccc(S(=O)(=O)Nc2ccc(Sc3nncs3)cc2)cc1. The number of hydrogen-bond donors (Lipinski definition) is 1. The molecule has 1 N–H and O–H groups in total. The zero-order valence-electron chi connectivity index (χ0n) is 14.4. The number of nitrogens with zero attached hydrogens (tertiary/aromatic N) is 2. The Morgan fingerprint density at radius 3 is 2.35 bits per heavy atom. The summed E-state index contributed by atoms with van der Waals surface area (Å²) >= 11 is 2.95. The van der Waals surface area contributed by atoms with Gasteiger partial charge in [0.05, 0.1) is 4.90 Å². The Kier molecular flexibility index (Phi) is 5.95. The lowest BCUT2D eigenvalue weighted by molar-refractivity contribution is 0.601. The third-order valence-corrected chi connectivity index (χ3v) is 6.71. The Hall–Kier alpha value is -1.90. The number of hydrogen-bond acceptors (Lipinski definition) is 6. The van der Waals surface area contributed by atoms with Gasteiger partial charge in [0.1, 0.15) is 5.51 Å². The molecule has 0 amide bonds. The van der Waals surface area contributed by atoms with Crippen LogP contribution in [0.4, 0.5) is 5.69 Å². The standard InChI is InChI=1S/C18H19N3O2S3/c1-13(2)11-14-3-9-17(10-4-14)26(22,23)21-15-5-7-16(8-6-15)25-18-20-19-12-24-18/h3-10,12-13,21H,11H2,1-2H3. The van der Waals surface area contributed by atoms with Crippen LogP contribution >= 0.6 is 23.1 Å². The average Bonchev–Trinajstić information content (AvgIpc) is 3.09. The van der Waals surface area contributed by atoms with E-state index in [9.17, 15) is 8.42 Å². The van der Waals surface area contributed by atoms with Gasteiger partial charge in [-0.3, -0.25) is 4.72 Å². The molecule has 0 spiro atoms. The molecule has 8 heteroatoms. The molecule has 0 bridgehead atoms. The molecule has 0 aliphatic carbocycles. The van der Waals surface area contributed by atoms with Crippen molar-refractivity contribution in [2.75, 3.05) is 4.72 Å². The Labute approximate surface area is 161 Å². The van der Waals surface area contributed by atoms with E-state index in [0.717, 1.165) is 21.2 Å². The number of nitrogens with one attached hydrogen (secondary N) is 1. The minimum atomic E-state index is -3.60. The lowest BCUT2D eigenvalue weighted by atomic mass is 10.0. The summed E-state index contributed by atoms with van der Waals surface area (Å²) in [4.78, 5) is 1.24. The third kappa shape index (κ3) is 5.06. The van der Waals surface area contributed by atoms with Crippen LogP contribution in [0.1, 0.15) is 19.4 Å². The fourth-order valence-electron chi connectivity index (χ4n) is 2.39. The molecule has 0 atom stereocenters. The van der Waals surface area contributed by atoms with E-state index in [0.29, 0.717) is 11.6 Å². The first kappa shape index (κ1) is 18.9. The van der Waals surface area contributed by atoms with Crippen LogP contribution in [0.2, 0.25) is 0 Å². The molecule has 0 aliphatic rings. The molecule has 3 rings (SSSR count). The van der Waals surface area contributed by atoms with Gasteiger partial charge in [-0.2, -0.15) is 0 Å². The van der Waals surface area contributed by atoms with E-state index in [1.165, 1.54) is 23.1 Å². The van der Waals surface area contributed by atoms with Crippen molar-refractivity contribution in [1.29, 1.82) is 0 Å². The van der Waals surface area contributed by atoms with Crippen molar-refractivity contribution >= 4 is 38.8 Å². The van der Waals surface area contributed by atoms with Gasteiger partial charge in [0.25, 0.3) is 10.0 Å². The van der Waals surface area contributed by atoms with Gasteiger partial charge >= 0.3 is 0 Å². The summed E-state index contributed by atoms with van der Waals surface area (Å²) in [5.41, 5.74) is 3.34. The largest absolute Gasteiger partial charge is 0.280 e. The van der Waals surface area contributed by atoms with Crippen LogP contribution in [0, 0.1) is 5.92 Å². The normalized spacial score (nSPS) is 11.7. The number of rotatable bonds is 7. The van der Waals surface area contributed by atoms with E-state index >= 15 is 0 Å². The highest BCUT2D eigenvalue weighted by atomic mass is 32.2. The lowest BCUT2D eigenvalue weighted by Crippen LogP contribution is -2.13. The van der Waals surface area contributed by atoms with Crippen LogP contribution in [-0.4, -0.2) is 18.6 Å². The molecule has 1 heterocycles. The third-order valence-electron chi connectivity index (χ3n) is 3.53. The van der Waals surface area contributed by atoms with Crippen LogP contribution in [0.15, 0.2) is 68.2 Å². The molecule has 0 saturated carbocycles. The maximum atomic E-state index is 12.5. The smallest absolute Gasteiger partial charge is 0.261 e.